The smallest absolute Gasteiger partial charge is 0.306 e. The minimum Gasteiger partial charge on any atom is -0.481 e. The summed E-state index contributed by atoms with van der Waals surface area (Å²) in [4.78, 5) is 25.1. The maximum Gasteiger partial charge on any atom is 0.306 e. The van der Waals surface area contributed by atoms with Crippen LogP contribution in [0.1, 0.15) is 38.5 Å². The van der Waals surface area contributed by atoms with Crippen molar-refractivity contribution in [3.63, 3.8) is 0 Å². The number of aliphatic carboxylic acids is 1. The van der Waals surface area contributed by atoms with E-state index in [0.29, 0.717) is 19.4 Å². The molecule has 2 rings (SSSR count). The SMILES string of the molecule is O=C(O)C1CCCC(C(=O)N2CCCC2CO)C1. The first-order chi connectivity index (χ1) is 8.63. The van der Waals surface area contributed by atoms with E-state index in [4.69, 9.17) is 5.11 Å². The standard InChI is InChI=1S/C13H21NO4/c15-8-11-5-2-6-14(11)12(16)9-3-1-4-10(7-9)13(17)18/h9-11,15H,1-8H2,(H,17,18). The highest BCUT2D eigenvalue weighted by Gasteiger charge is 2.36. The number of carbonyl (C=O) groups excluding carboxylic acids is 1. The van der Waals surface area contributed by atoms with Crippen molar-refractivity contribution >= 4 is 11.9 Å². The Labute approximate surface area is 107 Å². The first-order valence-electron chi connectivity index (χ1n) is 6.77. The normalized spacial score (nSPS) is 32.5. The molecular formula is C13H21NO4. The molecule has 5 nitrogen and oxygen atoms in total. The van der Waals surface area contributed by atoms with Crippen molar-refractivity contribution in [3.05, 3.63) is 0 Å². The van der Waals surface area contributed by atoms with Crippen molar-refractivity contribution < 1.29 is 19.8 Å². The number of likely N-dealkylation sites (tertiary alicyclic amines) is 1. The largest absolute Gasteiger partial charge is 0.481 e. The van der Waals surface area contributed by atoms with Gasteiger partial charge in [-0.15, -0.1) is 0 Å². The van der Waals surface area contributed by atoms with Crippen LogP contribution in [0, 0.1) is 11.8 Å². The fraction of sp³-hybridized carbons (Fsp3) is 0.846. The third-order valence-electron chi connectivity index (χ3n) is 4.24. The number of amides is 1. The molecule has 0 spiro atoms. The minimum absolute atomic E-state index is 0.0147. The topological polar surface area (TPSA) is 77.8 Å². The molecule has 102 valence electrons. The molecule has 0 bridgehead atoms. The zero-order valence-corrected chi connectivity index (χ0v) is 10.5. The quantitative estimate of drug-likeness (QED) is 0.784. The van der Waals surface area contributed by atoms with Gasteiger partial charge in [0.25, 0.3) is 0 Å². The fourth-order valence-corrected chi connectivity index (χ4v) is 3.19. The molecule has 0 aromatic rings. The fourth-order valence-electron chi connectivity index (χ4n) is 3.19. The molecule has 1 amide bonds. The summed E-state index contributed by atoms with van der Waals surface area (Å²) in [7, 11) is 0. The van der Waals surface area contributed by atoms with Crippen molar-refractivity contribution in [1.82, 2.24) is 4.90 Å². The lowest BCUT2D eigenvalue weighted by Crippen LogP contribution is -2.43. The molecule has 1 saturated heterocycles. The summed E-state index contributed by atoms with van der Waals surface area (Å²) in [6, 6.07) is -0.0531. The van der Waals surface area contributed by atoms with Crippen LogP contribution in [0.5, 0.6) is 0 Å². The molecular weight excluding hydrogens is 234 g/mol. The molecule has 0 aromatic carbocycles. The molecule has 0 aromatic heterocycles. The first kappa shape index (κ1) is 13.3. The molecule has 18 heavy (non-hydrogen) atoms. The molecule has 1 aliphatic carbocycles. The Morgan fingerprint density at radius 2 is 1.83 bits per heavy atom. The Morgan fingerprint density at radius 1 is 1.11 bits per heavy atom. The van der Waals surface area contributed by atoms with Gasteiger partial charge >= 0.3 is 5.97 Å². The van der Waals surface area contributed by atoms with Gasteiger partial charge in [-0.1, -0.05) is 6.42 Å². The molecule has 2 N–H and O–H groups in total. The van der Waals surface area contributed by atoms with E-state index in [1.54, 1.807) is 4.90 Å². The van der Waals surface area contributed by atoms with Crippen molar-refractivity contribution in [2.45, 2.75) is 44.6 Å². The molecule has 1 saturated carbocycles. The van der Waals surface area contributed by atoms with Gasteiger partial charge in [0.1, 0.15) is 0 Å². The Hall–Kier alpha value is -1.10. The summed E-state index contributed by atoms with van der Waals surface area (Å²) in [5.41, 5.74) is 0. The van der Waals surface area contributed by atoms with Crippen LogP contribution in [-0.4, -0.2) is 46.2 Å². The average molecular weight is 255 g/mol. The zero-order chi connectivity index (χ0) is 13.1. The third-order valence-corrected chi connectivity index (χ3v) is 4.24. The van der Waals surface area contributed by atoms with Crippen LogP contribution in [0.15, 0.2) is 0 Å². The summed E-state index contributed by atoms with van der Waals surface area (Å²) in [6.45, 7) is 0.721. The summed E-state index contributed by atoms with van der Waals surface area (Å²) in [5, 5.41) is 18.3. The van der Waals surface area contributed by atoms with E-state index in [1.807, 2.05) is 0 Å². The van der Waals surface area contributed by atoms with Crippen molar-refractivity contribution in [2.75, 3.05) is 13.2 Å². The van der Waals surface area contributed by atoms with Gasteiger partial charge in [-0.3, -0.25) is 9.59 Å². The Balaban J connectivity index is 1.98. The molecule has 5 heteroatoms. The monoisotopic (exact) mass is 255 g/mol. The van der Waals surface area contributed by atoms with E-state index in [2.05, 4.69) is 0 Å². The van der Waals surface area contributed by atoms with Crippen LogP contribution in [0.2, 0.25) is 0 Å². The lowest BCUT2D eigenvalue weighted by molar-refractivity contribution is -0.146. The van der Waals surface area contributed by atoms with Gasteiger partial charge in [-0.2, -0.15) is 0 Å². The van der Waals surface area contributed by atoms with Crippen molar-refractivity contribution in [2.24, 2.45) is 11.8 Å². The van der Waals surface area contributed by atoms with Crippen LogP contribution in [0.4, 0.5) is 0 Å². The van der Waals surface area contributed by atoms with E-state index in [0.717, 1.165) is 25.7 Å². The Kier molecular flexibility index (Phi) is 4.22. The van der Waals surface area contributed by atoms with Gasteiger partial charge in [0.15, 0.2) is 0 Å². The van der Waals surface area contributed by atoms with Gasteiger partial charge in [0.05, 0.1) is 18.6 Å². The maximum absolute atomic E-state index is 12.4. The van der Waals surface area contributed by atoms with Crippen LogP contribution in [0.25, 0.3) is 0 Å². The summed E-state index contributed by atoms with van der Waals surface area (Å²) in [6.07, 6.45) is 4.54. The lowest BCUT2D eigenvalue weighted by Gasteiger charge is -2.31. The van der Waals surface area contributed by atoms with Gasteiger partial charge in [0, 0.05) is 12.5 Å². The third kappa shape index (κ3) is 2.66. The number of nitrogens with zero attached hydrogens (tertiary/aromatic N) is 1. The number of carboxylic acids is 1. The van der Waals surface area contributed by atoms with Crippen LogP contribution in [-0.2, 0) is 9.59 Å². The number of rotatable bonds is 3. The molecule has 3 atom stereocenters. The summed E-state index contributed by atoms with van der Waals surface area (Å²) in [5.74, 6) is -1.26. The second-order valence-corrected chi connectivity index (χ2v) is 5.41. The Bertz CT molecular complexity index is 331. The van der Waals surface area contributed by atoms with E-state index in [-0.39, 0.29) is 30.4 Å². The van der Waals surface area contributed by atoms with Gasteiger partial charge in [-0.05, 0) is 32.1 Å². The highest BCUT2D eigenvalue weighted by Crippen LogP contribution is 2.32. The molecule has 2 aliphatic rings. The Morgan fingerprint density at radius 3 is 2.50 bits per heavy atom. The second-order valence-electron chi connectivity index (χ2n) is 5.41. The number of carbonyl (C=O) groups is 2. The van der Waals surface area contributed by atoms with Crippen LogP contribution in [0.3, 0.4) is 0 Å². The highest BCUT2D eigenvalue weighted by molar-refractivity contribution is 5.80. The molecule has 1 heterocycles. The average Bonchev–Trinajstić information content (AvgIpc) is 2.86. The maximum atomic E-state index is 12.4. The first-order valence-corrected chi connectivity index (χ1v) is 6.77. The number of aliphatic hydroxyl groups excluding tert-OH is 1. The van der Waals surface area contributed by atoms with Crippen molar-refractivity contribution in [1.29, 1.82) is 0 Å². The number of carboxylic acid groups (broad SMARTS) is 1. The van der Waals surface area contributed by atoms with E-state index in [1.165, 1.54) is 0 Å². The molecule has 3 unspecified atom stereocenters. The van der Waals surface area contributed by atoms with Gasteiger partial charge in [-0.25, -0.2) is 0 Å². The zero-order valence-electron chi connectivity index (χ0n) is 10.5. The van der Waals surface area contributed by atoms with Gasteiger partial charge in [0.2, 0.25) is 5.91 Å². The lowest BCUT2D eigenvalue weighted by atomic mass is 9.80. The highest BCUT2D eigenvalue weighted by atomic mass is 16.4. The van der Waals surface area contributed by atoms with Crippen LogP contribution >= 0.6 is 0 Å². The minimum atomic E-state index is -0.785. The summed E-state index contributed by atoms with van der Waals surface area (Å²) < 4.78 is 0. The van der Waals surface area contributed by atoms with E-state index < -0.39 is 5.97 Å². The predicted molar refractivity (Wildman–Crippen MR) is 64.9 cm³/mol. The predicted octanol–water partition coefficient (Wildman–Crippen LogP) is 0.861. The number of aliphatic hydroxyl groups is 1. The number of hydrogen-bond acceptors (Lipinski definition) is 3. The van der Waals surface area contributed by atoms with Gasteiger partial charge < -0.3 is 15.1 Å². The van der Waals surface area contributed by atoms with E-state index >= 15 is 0 Å². The second kappa shape index (κ2) is 5.69. The van der Waals surface area contributed by atoms with Crippen molar-refractivity contribution in [3.8, 4) is 0 Å². The van der Waals surface area contributed by atoms with E-state index in [9.17, 15) is 14.7 Å². The molecule has 0 radical (unpaired) electrons. The molecule has 1 aliphatic heterocycles. The number of hydrogen-bond donors (Lipinski definition) is 2. The van der Waals surface area contributed by atoms with Crippen LogP contribution < -0.4 is 0 Å². The molecule has 2 fully saturated rings. The summed E-state index contributed by atoms with van der Waals surface area (Å²) >= 11 is 0.